The number of likely N-dealkylation sites (tertiary alicyclic amines) is 1. The number of β-amino-alcohol motifs (C(OH)–C–C–N with tert-alkyl or cyclic N) is 1. The van der Waals surface area contributed by atoms with Gasteiger partial charge in [-0.2, -0.15) is 0 Å². The molecule has 4 rings (SSSR count). The summed E-state index contributed by atoms with van der Waals surface area (Å²) < 4.78 is 11.7. The SMILES string of the molecule is OC(COc1ccccc1)CN1CCC(O)(c2ccc(OC3CCCC3)cc2)CC1. The van der Waals surface area contributed by atoms with Crippen LogP contribution >= 0.6 is 0 Å². The van der Waals surface area contributed by atoms with E-state index in [1.165, 1.54) is 12.8 Å². The fraction of sp³-hybridized carbons (Fsp3) is 0.520. The summed E-state index contributed by atoms with van der Waals surface area (Å²) in [6, 6.07) is 17.5. The molecule has 1 saturated carbocycles. The van der Waals surface area contributed by atoms with Gasteiger partial charge in [-0.15, -0.1) is 0 Å². The molecule has 5 nitrogen and oxygen atoms in total. The highest BCUT2D eigenvalue weighted by Crippen LogP contribution is 2.34. The molecule has 0 aromatic heterocycles. The third kappa shape index (κ3) is 5.54. The molecule has 1 saturated heterocycles. The van der Waals surface area contributed by atoms with Crippen molar-refractivity contribution >= 4 is 0 Å². The average molecular weight is 412 g/mol. The molecule has 30 heavy (non-hydrogen) atoms. The van der Waals surface area contributed by atoms with E-state index in [9.17, 15) is 10.2 Å². The van der Waals surface area contributed by atoms with E-state index in [2.05, 4.69) is 4.90 Å². The summed E-state index contributed by atoms with van der Waals surface area (Å²) in [6.07, 6.45) is 5.90. The topological polar surface area (TPSA) is 62.2 Å². The predicted octanol–water partition coefficient (Wildman–Crippen LogP) is 3.73. The number of nitrogens with zero attached hydrogens (tertiary/aromatic N) is 1. The van der Waals surface area contributed by atoms with Crippen LogP contribution in [0, 0.1) is 0 Å². The van der Waals surface area contributed by atoms with E-state index in [4.69, 9.17) is 9.47 Å². The molecule has 1 unspecified atom stereocenters. The molecule has 0 spiro atoms. The van der Waals surface area contributed by atoms with Gasteiger partial charge in [0, 0.05) is 19.6 Å². The van der Waals surface area contributed by atoms with Gasteiger partial charge >= 0.3 is 0 Å². The van der Waals surface area contributed by atoms with Gasteiger partial charge < -0.3 is 24.6 Å². The van der Waals surface area contributed by atoms with Crippen LogP contribution in [0.2, 0.25) is 0 Å². The van der Waals surface area contributed by atoms with Crippen molar-refractivity contribution in [1.29, 1.82) is 0 Å². The maximum atomic E-state index is 11.2. The van der Waals surface area contributed by atoms with Crippen LogP contribution in [0.3, 0.4) is 0 Å². The number of para-hydroxylation sites is 1. The predicted molar refractivity (Wildman–Crippen MR) is 117 cm³/mol. The molecular formula is C25H33NO4. The lowest BCUT2D eigenvalue weighted by atomic mass is 9.84. The number of rotatable bonds is 8. The number of benzene rings is 2. The second kappa shape index (κ2) is 9.82. The lowest BCUT2D eigenvalue weighted by Gasteiger charge is -2.39. The van der Waals surface area contributed by atoms with Gasteiger partial charge in [-0.25, -0.2) is 0 Å². The van der Waals surface area contributed by atoms with E-state index < -0.39 is 11.7 Å². The van der Waals surface area contributed by atoms with E-state index in [-0.39, 0.29) is 6.61 Å². The summed E-state index contributed by atoms with van der Waals surface area (Å²) in [5.74, 6) is 1.66. The standard InChI is InChI=1S/C25H33NO4/c27-21(19-29-22-6-2-1-3-7-22)18-26-16-14-25(28,15-17-26)20-10-12-24(13-11-20)30-23-8-4-5-9-23/h1-3,6-7,10-13,21,23,27-28H,4-5,8-9,14-19H2. The minimum Gasteiger partial charge on any atom is -0.491 e. The zero-order valence-corrected chi connectivity index (χ0v) is 17.6. The van der Waals surface area contributed by atoms with Crippen LogP contribution < -0.4 is 9.47 Å². The van der Waals surface area contributed by atoms with Gasteiger partial charge in [0.2, 0.25) is 0 Å². The molecule has 1 aliphatic carbocycles. The van der Waals surface area contributed by atoms with Gasteiger partial charge in [0.25, 0.3) is 0 Å². The van der Waals surface area contributed by atoms with Gasteiger partial charge in [-0.05, 0) is 68.4 Å². The molecule has 1 aliphatic heterocycles. The summed E-state index contributed by atoms with van der Waals surface area (Å²) in [5.41, 5.74) is 0.141. The Morgan fingerprint density at radius 1 is 0.933 bits per heavy atom. The van der Waals surface area contributed by atoms with Crippen molar-refractivity contribution in [1.82, 2.24) is 4.90 Å². The minimum absolute atomic E-state index is 0.271. The van der Waals surface area contributed by atoms with Crippen molar-refractivity contribution in [2.75, 3.05) is 26.2 Å². The van der Waals surface area contributed by atoms with E-state index in [1.807, 2.05) is 54.6 Å². The third-order valence-electron chi connectivity index (χ3n) is 6.33. The van der Waals surface area contributed by atoms with Crippen molar-refractivity contribution in [3.8, 4) is 11.5 Å². The maximum absolute atomic E-state index is 11.2. The summed E-state index contributed by atoms with van der Waals surface area (Å²) in [4.78, 5) is 2.20. The fourth-order valence-electron chi connectivity index (χ4n) is 4.50. The van der Waals surface area contributed by atoms with Crippen molar-refractivity contribution < 1.29 is 19.7 Å². The quantitative estimate of drug-likeness (QED) is 0.693. The Morgan fingerprint density at radius 2 is 1.60 bits per heavy atom. The Balaban J connectivity index is 1.23. The van der Waals surface area contributed by atoms with E-state index in [0.717, 1.165) is 43.0 Å². The van der Waals surface area contributed by atoms with Crippen molar-refractivity contribution in [3.63, 3.8) is 0 Å². The molecule has 2 N–H and O–H groups in total. The summed E-state index contributed by atoms with van der Waals surface area (Å²) in [5, 5.41) is 21.5. The van der Waals surface area contributed by atoms with Gasteiger partial charge in [-0.1, -0.05) is 30.3 Å². The van der Waals surface area contributed by atoms with Gasteiger partial charge in [-0.3, -0.25) is 0 Å². The zero-order chi connectivity index (χ0) is 20.8. The van der Waals surface area contributed by atoms with E-state index in [1.54, 1.807) is 0 Å². The highest BCUT2D eigenvalue weighted by Gasteiger charge is 2.34. The zero-order valence-electron chi connectivity index (χ0n) is 17.6. The van der Waals surface area contributed by atoms with Crippen LogP contribution in [0.15, 0.2) is 54.6 Å². The molecule has 162 valence electrons. The first-order chi connectivity index (χ1) is 14.6. The van der Waals surface area contributed by atoms with Crippen molar-refractivity contribution in [2.24, 2.45) is 0 Å². The number of hydrogen-bond donors (Lipinski definition) is 2. The highest BCUT2D eigenvalue weighted by atomic mass is 16.5. The van der Waals surface area contributed by atoms with Crippen LogP contribution in [-0.2, 0) is 5.60 Å². The fourth-order valence-corrected chi connectivity index (χ4v) is 4.50. The minimum atomic E-state index is -0.812. The Bertz CT molecular complexity index is 765. The van der Waals surface area contributed by atoms with E-state index in [0.29, 0.717) is 25.5 Å². The van der Waals surface area contributed by atoms with Gasteiger partial charge in [0.15, 0.2) is 0 Å². The first kappa shape index (κ1) is 21.2. The number of ether oxygens (including phenoxy) is 2. The van der Waals surface area contributed by atoms with Crippen LogP contribution in [0.1, 0.15) is 44.1 Å². The largest absolute Gasteiger partial charge is 0.491 e. The number of aliphatic hydroxyl groups excluding tert-OH is 1. The second-order valence-corrected chi connectivity index (χ2v) is 8.66. The molecule has 2 fully saturated rings. The van der Waals surface area contributed by atoms with Crippen LogP contribution in [0.25, 0.3) is 0 Å². The Labute approximate surface area is 179 Å². The van der Waals surface area contributed by atoms with Crippen molar-refractivity contribution in [2.45, 2.75) is 56.3 Å². The van der Waals surface area contributed by atoms with Crippen molar-refractivity contribution in [3.05, 3.63) is 60.2 Å². The summed E-state index contributed by atoms with van der Waals surface area (Å²) in [7, 11) is 0. The maximum Gasteiger partial charge on any atom is 0.119 e. The van der Waals surface area contributed by atoms with E-state index >= 15 is 0 Å². The molecule has 1 atom stereocenters. The summed E-state index contributed by atoms with van der Waals surface area (Å²) in [6.45, 7) is 2.32. The molecular weight excluding hydrogens is 378 g/mol. The van der Waals surface area contributed by atoms with Crippen LogP contribution in [0.4, 0.5) is 0 Å². The second-order valence-electron chi connectivity index (χ2n) is 8.66. The lowest BCUT2D eigenvalue weighted by molar-refractivity contribution is -0.0372. The lowest BCUT2D eigenvalue weighted by Crippen LogP contribution is -2.46. The smallest absolute Gasteiger partial charge is 0.119 e. The number of aliphatic hydroxyl groups is 2. The molecule has 5 heteroatoms. The molecule has 0 bridgehead atoms. The Hall–Kier alpha value is -2.08. The van der Waals surface area contributed by atoms with Crippen LogP contribution in [-0.4, -0.2) is 53.6 Å². The number of piperidine rings is 1. The monoisotopic (exact) mass is 411 g/mol. The molecule has 1 heterocycles. The Kier molecular flexibility index (Phi) is 6.93. The number of hydrogen-bond acceptors (Lipinski definition) is 5. The normalized spacial score (nSPS) is 20.7. The van der Waals surface area contributed by atoms with Gasteiger partial charge in [0.05, 0.1) is 11.7 Å². The molecule has 0 amide bonds. The summed E-state index contributed by atoms with van der Waals surface area (Å²) >= 11 is 0. The van der Waals surface area contributed by atoms with Gasteiger partial charge in [0.1, 0.15) is 24.2 Å². The molecule has 2 aromatic rings. The van der Waals surface area contributed by atoms with Crippen LogP contribution in [0.5, 0.6) is 11.5 Å². The first-order valence-corrected chi connectivity index (χ1v) is 11.2. The Morgan fingerprint density at radius 3 is 2.27 bits per heavy atom. The average Bonchev–Trinajstić information content (AvgIpc) is 3.28. The molecule has 2 aliphatic rings. The molecule has 2 aromatic carbocycles. The molecule has 0 radical (unpaired) electrons. The third-order valence-corrected chi connectivity index (χ3v) is 6.33. The first-order valence-electron chi connectivity index (χ1n) is 11.2. The highest BCUT2D eigenvalue weighted by molar-refractivity contribution is 5.31.